The predicted molar refractivity (Wildman–Crippen MR) is 74.2 cm³/mol. The van der Waals surface area contributed by atoms with E-state index in [9.17, 15) is 14.7 Å². The van der Waals surface area contributed by atoms with Crippen molar-refractivity contribution in [3.8, 4) is 0 Å². The molecule has 21 heavy (non-hydrogen) atoms. The Morgan fingerprint density at radius 1 is 1.48 bits per heavy atom. The van der Waals surface area contributed by atoms with E-state index in [0.29, 0.717) is 18.7 Å². The highest BCUT2D eigenvalue weighted by Crippen LogP contribution is 2.21. The number of carbonyl (C=O) groups is 1. The zero-order valence-electron chi connectivity index (χ0n) is 11.7. The van der Waals surface area contributed by atoms with Gasteiger partial charge in [-0.05, 0) is 31.4 Å². The number of carboxylic acids is 1. The first-order chi connectivity index (χ1) is 10.1. The fraction of sp³-hybridized carbons (Fsp3) is 0.429. The van der Waals surface area contributed by atoms with E-state index in [0.717, 1.165) is 17.7 Å². The number of carboxylic acid groups (broad SMARTS) is 1. The number of hydrogen-bond donors (Lipinski definition) is 1. The molecule has 0 amide bonds. The topological polar surface area (TPSA) is 90.0 Å². The number of aryl methyl sites for hydroxylation is 2. The Morgan fingerprint density at radius 3 is 2.95 bits per heavy atom. The largest absolute Gasteiger partial charge is 0.480 e. The van der Waals surface area contributed by atoms with Crippen LogP contribution in [0.25, 0.3) is 0 Å². The third-order valence-electron chi connectivity index (χ3n) is 3.70. The second kappa shape index (κ2) is 5.16. The molecule has 1 aliphatic rings. The van der Waals surface area contributed by atoms with Crippen LogP contribution >= 0.6 is 0 Å². The van der Waals surface area contributed by atoms with Crippen molar-refractivity contribution in [1.82, 2.24) is 19.3 Å². The first kappa shape index (κ1) is 13.5. The summed E-state index contributed by atoms with van der Waals surface area (Å²) in [5.41, 5.74) is 1.39. The summed E-state index contributed by atoms with van der Waals surface area (Å²) < 4.78 is 2.61. The van der Waals surface area contributed by atoms with Crippen LogP contribution in [0.15, 0.2) is 23.1 Å². The van der Waals surface area contributed by atoms with E-state index >= 15 is 0 Å². The average molecular weight is 288 g/mol. The Labute approximate surface area is 120 Å². The fourth-order valence-corrected chi connectivity index (χ4v) is 2.61. The van der Waals surface area contributed by atoms with Gasteiger partial charge in [0.25, 0.3) is 0 Å². The molecule has 0 bridgehead atoms. The second-order valence-electron chi connectivity index (χ2n) is 5.30. The molecule has 1 atom stereocenters. The number of nitrogens with zero attached hydrogens (tertiary/aromatic N) is 4. The number of hydrogen-bond acceptors (Lipinski definition) is 4. The van der Waals surface area contributed by atoms with Gasteiger partial charge in [-0.15, -0.1) is 0 Å². The Kier molecular flexibility index (Phi) is 3.32. The quantitative estimate of drug-likeness (QED) is 0.900. The molecule has 1 N–H and O–H groups in total. The average Bonchev–Trinajstić information content (AvgIpc) is 2.78. The molecule has 0 spiro atoms. The summed E-state index contributed by atoms with van der Waals surface area (Å²) in [5.74, 6) is -0.433. The van der Waals surface area contributed by atoms with Gasteiger partial charge in [-0.3, -0.25) is 9.55 Å². The predicted octanol–water partition coefficient (Wildman–Crippen LogP) is 0.759. The van der Waals surface area contributed by atoms with E-state index in [4.69, 9.17) is 0 Å². The second-order valence-corrected chi connectivity index (χ2v) is 5.30. The van der Waals surface area contributed by atoms with E-state index in [1.54, 1.807) is 6.20 Å². The lowest BCUT2D eigenvalue weighted by Gasteiger charge is -2.19. The SMILES string of the molecule is Cc1ccc(Cn2nc3n(c2=O)[C@H](C(=O)O)CCC3)nc1. The summed E-state index contributed by atoms with van der Waals surface area (Å²) >= 11 is 0. The van der Waals surface area contributed by atoms with Gasteiger partial charge >= 0.3 is 11.7 Å². The van der Waals surface area contributed by atoms with Crippen LogP contribution in [-0.2, 0) is 17.8 Å². The number of fused-ring (bicyclic) bond motifs is 1. The Bertz CT molecular complexity index is 730. The van der Waals surface area contributed by atoms with Crippen LogP contribution in [0.2, 0.25) is 0 Å². The highest BCUT2D eigenvalue weighted by molar-refractivity contribution is 5.72. The van der Waals surface area contributed by atoms with E-state index in [-0.39, 0.29) is 12.2 Å². The van der Waals surface area contributed by atoms with Crippen LogP contribution in [0.1, 0.15) is 36.0 Å². The Morgan fingerprint density at radius 2 is 2.29 bits per heavy atom. The molecule has 0 saturated heterocycles. The smallest absolute Gasteiger partial charge is 0.347 e. The lowest BCUT2D eigenvalue weighted by molar-refractivity contribution is -0.141. The van der Waals surface area contributed by atoms with Crippen molar-refractivity contribution in [3.63, 3.8) is 0 Å². The fourth-order valence-electron chi connectivity index (χ4n) is 2.61. The third-order valence-corrected chi connectivity index (χ3v) is 3.70. The maximum atomic E-state index is 12.4. The normalized spacial score (nSPS) is 17.5. The summed E-state index contributed by atoms with van der Waals surface area (Å²) in [6, 6.07) is 2.96. The minimum Gasteiger partial charge on any atom is -0.480 e. The molecule has 2 aromatic rings. The molecule has 0 aromatic carbocycles. The number of rotatable bonds is 3. The first-order valence-electron chi connectivity index (χ1n) is 6.89. The van der Waals surface area contributed by atoms with E-state index in [2.05, 4.69) is 10.1 Å². The van der Waals surface area contributed by atoms with Crippen molar-refractivity contribution >= 4 is 5.97 Å². The van der Waals surface area contributed by atoms with Crippen molar-refractivity contribution in [3.05, 3.63) is 45.9 Å². The zero-order valence-corrected chi connectivity index (χ0v) is 11.7. The first-order valence-corrected chi connectivity index (χ1v) is 6.89. The number of pyridine rings is 1. The van der Waals surface area contributed by atoms with Crippen LogP contribution in [0, 0.1) is 6.92 Å². The molecule has 3 heterocycles. The lowest BCUT2D eigenvalue weighted by atomic mass is 10.1. The van der Waals surface area contributed by atoms with Gasteiger partial charge in [0, 0.05) is 12.6 Å². The number of aliphatic carboxylic acids is 1. The highest BCUT2D eigenvalue weighted by atomic mass is 16.4. The van der Waals surface area contributed by atoms with Crippen molar-refractivity contribution in [1.29, 1.82) is 0 Å². The van der Waals surface area contributed by atoms with Crippen LogP contribution in [0.4, 0.5) is 0 Å². The molecule has 110 valence electrons. The zero-order chi connectivity index (χ0) is 15.0. The molecule has 0 aliphatic carbocycles. The van der Waals surface area contributed by atoms with Crippen LogP contribution in [0.3, 0.4) is 0 Å². The standard InChI is InChI=1S/C14H16N4O3/c1-9-5-6-10(15-7-9)8-17-14(21)18-11(13(19)20)3-2-4-12(18)16-17/h5-7,11H,2-4,8H2,1H3,(H,19,20)/t11-/m0/s1. The summed E-state index contributed by atoms with van der Waals surface area (Å²) in [6.07, 6.45) is 3.57. The Balaban J connectivity index is 1.96. The van der Waals surface area contributed by atoms with Gasteiger partial charge in [-0.25, -0.2) is 14.3 Å². The molecule has 7 nitrogen and oxygen atoms in total. The van der Waals surface area contributed by atoms with Crippen LogP contribution in [-0.4, -0.2) is 30.4 Å². The molecule has 1 aliphatic heterocycles. The van der Waals surface area contributed by atoms with E-state index in [1.165, 1.54) is 9.25 Å². The van der Waals surface area contributed by atoms with Crippen molar-refractivity contribution in [2.75, 3.05) is 0 Å². The summed E-state index contributed by atoms with van der Waals surface area (Å²) in [4.78, 5) is 27.9. The maximum Gasteiger partial charge on any atom is 0.347 e. The van der Waals surface area contributed by atoms with Crippen LogP contribution < -0.4 is 5.69 Å². The molecule has 3 rings (SSSR count). The molecular formula is C14H16N4O3. The molecule has 0 saturated carbocycles. The minimum absolute atomic E-state index is 0.255. The van der Waals surface area contributed by atoms with Gasteiger partial charge in [0.2, 0.25) is 0 Å². The van der Waals surface area contributed by atoms with Crippen molar-refractivity contribution < 1.29 is 9.90 Å². The van der Waals surface area contributed by atoms with Gasteiger partial charge in [0.1, 0.15) is 11.9 Å². The third kappa shape index (κ3) is 2.46. The van der Waals surface area contributed by atoms with Crippen molar-refractivity contribution in [2.45, 2.75) is 38.8 Å². The van der Waals surface area contributed by atoms with Crippen LogP contribution in [0.5, 0.6) is 0 Å². The van der Waals surface area contributed by atoms with E-state index < -0.39 is 12.0 Å². The molecule has 0 unspecified atom stereocenters. The van der Waals surface area contributed by atoms with Gasteiger partial charge in [0.05, 0.1) is 12.2 Å². The van der Waals surface area contributed by atoms with Gasteiger partial charge in [-0.1, -0.05) is 6.07 Å². The van der Waals surface area contributed by atoms with Gasteiger partial charge in [-0.2, -0.15) is 5.10 Å². The lowest BCUT2D eigenvalue weighted by Crippen LogP contribution is -2.34. The summed E-state index contributed by atoms with van der Waals surface area (Å²) in [7, 11) is 0. The molecule has 0 radical (unpaired) electrons. The maximum absolute atomic E-state index is 12.4. The monoisotopic (exact) mass is 288 g/mol. The molecule has 2 aromatic heterocycles. The van der Waals surface area contributed by atoms with Crippen molar-refractivity contribution in [2.24, 2.45) is 0 Å². The molecule has 7 heteroatoms. The summed E-state index contributed by atoms with van der Waals surface area (Å²) in [5, 5.41) is 13.5. The molecule has 0 fully saturated rings. The number of aromatic nitrogens is 4. The van der Waals surface area contributed by atoms with E-state index in [1.807, 2.05) is 19.1 Å². The molecular weight excluding hydrogens is 272 g/mol. The minimum atomic E-state index is -0.980. The highest BCUT2D eigenvalue weighted by Gasteiger charge is 2.30. The van der Waals surface area contributed by atoms with Gasteiger partial charge in [0.15, 0.2) is 0 Å². The Hall–Kier alpha value is -2.44. The van der Waals surface area contributed by atoms with Gasteiger partial charge < -0.3 is 5.11 Å². The summed E-state index contributed by atoms with van der Waals surface area (Å²) in [6.45, 7) is 2.20.